The normalized spacial score (nSPS) is 16.7. The maximum absolute atomic E-state index is 13.8. The first-order chi connectivity index (χ1) is 11.7. The van der Waals surface area contributed by atoms with Crippen molar-refractivity contribution in [2.75, 3.05) is 6.61 Å². The minimum atomic E-state index is -0.456. The molecule has 24 heavy (non-hydrogen) atoms. The van der Waals surface area contributed by atoms with Crippen molar-refractivity contribution in [3.63, 3.8) is 0 Å². The molecule has 5 nitrogen and oxygen atoms in total. The van der Waals surface area contributed by atoms with E-state index in [4.69, 9.17) is 15.7 Å². The Bertz CT molecular complexity index is 813. The molecule has 3 rings (SSSR count). The van der Waals surface area contributed by atoms with Crippen LogP contribution in [-0.2, 0) is 6.54 Å². The van der Waals surface area contributed by atoms with Gasteiger partial charge in [0.05, 0.1) is 30.8 Å². The number of nitrogens with one attached hydrogen (secondary N) is 1. The Kier molecular flexibility index (Phi) is 4.62. The Balaban J connectivity index is 1.69. The highest BCUT2D eigenvalue weighted by Crippen LogP contribution is 2.31. The molecule has 122 valence electrons. The summed E-state index contributed by atoms with van der Waals surface area (Å²) in [6.45, 7) is 0.716. The molecule has 0 fully saturated rings. The molecule has 0 saturated heterocycles. The van der Waals surface area contributed by atoms with E-state index < -0.39 is 5.82 Å². The van der Waals surface area contributed by atoms with Crippen molar-refractivity contribution in [2.24, 2.45) is 10.7 Å². The molecule has 0 amide bonds. The van der Waals surface area contributed by atoms with Gasteiger partial charge in [0.1, 0.15) is 11.6 Å². The van der Waals surface area contributed by atoms with Gasteiger partial charge < -0.3 is 15.8 Å². The van der Waals surface area contributed by atoms with Gasteiger partial charge in [0.25, 0.3) is 0 Å². The Morgan fingerprint density at radius 1 is 1.38 bits per heavy atom. The Hall–Kier alpha value is -3.07. The minimum Gasteiger partial charge on any atom is -0.493 e. The quantitative estimate of drug-likeness (QED) is 0.671. The van der Waals surface area contributed by atoms with E-state index in [1.54, 1.807) is 12.1 Å². The van der Waals surface area contributed by atoms with Gasteiger partial charge in [-0.3, -0.25) is 0 Å². The second-order valence-corrected chi connectivity index (χ2v) is 5.49. The fourth-order valence-corrected chi connectivity index (χ4v) is 2.63. The van der Waals surface area contributed by atoms with E-state index in [0.717, 1.165) is 17.7 Å². The van der Waals surface area contributed by atoms with Gasteiger partial charge in [-0.15, -0.1) is 0 Å². The van der Waals surface area contributed by atoms with Crippen LogP contribution in [0.25, 0.3) is 0 Å². The lowest BCUT2D eigenvalue weighted by molar-refractivity contribution is 0.262. The van der Waals surface area contributed by atoms with Crippen LogP contribution in [-0.4, -0.2) is 12.6 Å². The van der Waals surface area contributed by atoms with Crippen LogP contribution in [0.3, 0.4) is 0 Å². The lowest BCUT2D eigenvalue weighted by Gasteiger charge is -2.26. The van der Waals surface area contributed by atoms with Crippen molar-refractivity contribution >= 4 is 5.96 Å². The molecule has 0 radical (unpaired) electrons. The first kappa shape index (κ1) is 15.8. The SMILES string of the molecule is N#Cc1ccc(CN=C(N)NC2CCOc3ccccc32)c(F)c1. The van der Waals surface area contributed by atoms with Crippen LogP contribution in [0, 0.1) is 17.1 Å². The van der Waals surface area contributed by atoms with E-state index in [1.165, 1.54) is 6.07 Å². The number of para-hydroxylation sites is 1. The summed E-state index contributed by atoms with van der Waals surface area (Å²) in [5.74, 6) is 0.634. The summed E-state index contributed by atoms with van der Waals surface area (Å²) in [6, 6.07) is 14.0. The molecule has 2 aromatic rings. The van der Waals surface area contributed by atoms with E-state index in [2.05, 4.69) is 10.3 Å². The number of nitrogens with zero attached hydrogens (tertiary/aromatic N) is 2. The topological polar surface area (TPSA) is 83.4 Å². The maximum atomic E-state index is 13.8. The molecule has 3 N–H and O–H groups in total. The summed E-state index contributed by atoms with van der Waals surface area (Å²) in [4.78, 5) is 4.20. The standard InChI is InChI=1S/C18H17FN4O/c19-15-9-12(10-20)5-6-13(15)11-22-18(21)23-16-7-8-24-17-4-2-1-3-14(16)17/h1-6,9,16H,7-8,11H2,(H3,21,22,23). The fourth-order valence-electron chi connectivity index (χ4n) is 2.63. The zero-order valence-corrected chi connectivity index (χ0v) is 13.0. The molecule has 0 saturated carbocycles. The average molecular weight is 324 g/mol. The van der Waals surface area contributed by atoms with Crippen LogP contribution in [0.5, 0.6) is 5.75 Å². The van der Waals surface area contributed by atoms with Crippen molar-refractivity contribution in [1.29, 1.82) is 5.26 Å². The van der Waals surface area contributed by atoms with Crippen molar-refractivity contribution in [2.45, 2.75) is 19.0 Å². The summed E-state index contributed by atoms with van der Waals surface area (Å²) in [6.07, 6.45) is 0.776. The van der Waals surface area contributed by atoms with Gasteiger partial charge in [-0.05, 0) is 18.2 Å². The number of rotatable bonds is 3. The first-order valence-electron chi connectivity index (χ1n) is 7.64. The molecule has 1 atom stereocenters. The van der Waals surface area contributed by atoms with Crippen molar-refractivity contribution in [3.05, 3.63) is 65.0 Å². The number of nitriles is 1. The summed E-state index contributed by atoms with van der Waals surface area (Å²) < 4.78 is 19.5. The predicted octanol–water partition coefficient (Wildman–Crippen LogP) is 2.63. The highest BCUT2D eigenvalue weighted by Gasteiger charge is 2.21. The smallest absolute Gasteiger partial charge is 0.189 e. The van der Waals surface area contributed by atoms with Crippen LogP contribution >= 0.6 is 0 Å². The monoisotopic (exact) mass is 324 g/mol. The third-order valence-corrected chi connectivity index (χ3v) is 3.88. The number of fused-ring (bicyclic) bond motifs is 1. The van der Waals surface area contributed by atoms with Gasteiger partial charge in [0.2, 0.25) is 0 Å². The number of nitrogens with two attached hydrogens (primary N) is 1. The summed E-state index contributed by atoms with van der Waals surface area (Å²) in [7, 11) is 0. The van der Waals surface area contributed by atoms with Gasteiger partial charge in [0.15, 0.2) is 5.96 Å². The van der Waals surface area contributed by atoms with Crippen LogP contribution in [0.1, 0.15) is 29.2 Å². The van der Waals surface area contributed by atoms with E-state index >= 15 is 0 Å². The van der Waals surface area contributed by atoms with E-state index in [9.17, 15) is 4.39 Å². The second kappa shape index (κ2) is 7.01. The molecule has 0 spiro atoms. The lowest BCUT2D eigenvalue weighted by atomic mass is 10.0. The molecule has 1 unspecified atom stereocenters. The number of hydrogen-bond acceptors (Lipinski definition) is 3. The molecular formula is C18H17FN4O. The molecule has 0 aromatic heterocycles. The number of aliphatic imine (C=N–C) groups is 1. The molecule has 0 aliphatic carbocycles. The van der Waals surface area contributed by atoms with Crippen LogP contribution in [0.15, 0.2) is 47.5 Å². The molecule has 2 aromatic carbocycles. The summed E-state index contributed by atoms with van der Waals surface area (Å²) >= 11 is 0. The molecule has 1 aliphatic rings. The van der Waals surface area contributed by atoms with Gasteiger partial charge in [-0.2, -0.15) is 5.26 Å². The Labute approximate surface area is 139 Å². The third kappa shape index (κ3) is 3.46. The van der Waals surface area contributed by atoms with Gasteiger partial charge >= 0.3 is 0 Å². The van der Waals surface area contributed by atoms with Crippen LogP contribution < -0.4 is 15.8 Å². The maximum Gasteiger partial charge on any atom is 0.189 e. The summed E-state index contributed by atoms with van der Waals surface area (Å²) in [5.41, 5.74) is 7.65. The Morgan fingerprint density at radius 2 is 2.21 bits per heavy atom. The van der Waals surface area contributed by atoms with Gasteiger partial charge in [0, 0.05) is 17.5 Å². The number of halogens is 1. The zero-order valence-electron chi connectivity index (χ0n) is 13.0. The largest absolute Gasteiger partial charge is 0.493 e. The molecule has 0 bridgehead atoms. The first-order valence-corrected chi connectivity index (χ1v) is 7.64. The van der Waals surface area contributed by atoms with Crippen LogP contribution in [0.4, 0.5) is 4.39 Å². The highest BCUT2D eigenvalue weighted by atomic mass is 19.1. The highest BCUT2D eigenvalue weighted by molar-refractivity contribution is 5.78. The second-order valence-electron chi connectivity index (χ2n) is 5.49. The number of ether oxygens (including phenoxy) is 1. The van der Waals surface area contributed by atoms with Crippen molar-refractivity contribution in [1.82, 2.24) is 5.32 Å². The van der Waals surface area contributed by atoms with Crippen LogP contribution in [0.2, 0.25) is 0 Å². The number of guanidine groups is 1. The van der Waals surface area contributed by atoms with Crippen molar-refractivity contribution < 1.29 is 9.13 Å². The Morgan fingerprint density at radius 3 is 3.00 bits per heavy atom. The van der Waals surface area contributed by atoms with E-state index in [-0.39, 0.29) is 24.1 Å². The fraction of sp³-hybridized carbons (Fsp3) is 0.222. The minimum absolute atomic E-state index is 0.0181. The van der Waals surface area contributed by atoms with Gasteiger partial charge in [-0.1, -0.05) is 24.3 Å². The number of hydrogen-bond donors (Lipinski definition) is 2. The summed E-state index contributed by atoms with van der Waals surface area (Å²) in [5, 5.41) is 11.9. The molecule has 1 heterocycles. The predicted molar refractivity (Wildman–Crippen MR) is 88.9 cm³/mol. The van der Waals surface area contributed by atoms with Crippen molar-refractivity contribution in [3.8, 4) is 11.8 Å². The molecular weight excluding hydrogens is 307 g/mol. The molecule has 1 aliphatic heterocycles. The zero-order chi connectivity index (χ0) is 16.9. The van der Waals surface area contributed by atoms with E-state index in [1.807, 2.05) is 30.3 Å². The van der Waals surface area contributed by atoms with Gasteiger partial charge in [-0.25, -0.2) is 9.38 Å². The number of benzene rings is 2. The molecule has 6 heteroatoms. The van der Waals surface area contributed by atoms with E-state index in [0.29, 0.717) is 12.2 Å². The third-order valence-electron chi connectivity index (χ3n) is 3.88. The lowest BCUT2D eigenvalue weighted by Crippen LogP contribution is -2.37. The average Bonchev–Trinajstić information content (AvgIpc) is 2.61.